The van der Waals surface area contributed by atoms with Gasteiger partial charge in [-0.05, 0) is 36.2 Å². The van der Waals surface area contributed by atoms with Gasteiger partial charge in [-0.2, -0.15) is 0 Å². The molecule has 3 N–H and O–H groups in total. The van der Waals surface area contributed by atoms with Crippen molar-refractivity contribution < 1.29 is 4.39 Å². The van der Waals surface area contributed by atoms with E-state index >= 15 is 0 Å². The molecular weight excluding hydrogens is 179 g/mol. The molecule has 0 aliphatic heterocycles. The molecule has 0 saturated carbocycles. The summed E-state index contributed by atoms with van der Waals surface area (Å²) in [5.74, 6) is -0.221. The molecule has 0 atom stereocenters. The van der Waals surface area contributed by atoms with E-state index in [0.717, 1.165) is 17.6 Å². The number of hydrogen-bond donors (Lipinski definition) is 2. The van der Waals surface area contributed by atoms with Crippen LogP contribution in [0.15, 0.2) is 30.5 Å². The second-order valence-electron chi connectivity index (χ2n) is 3.01. The van der Waals surface area contributed by atoms with E-state index in [4.69, 9.17) is 5.73 Å². The molecule has 0 saturated heterocycles. The van der Waals surface area contributed by atoms with Crippen molar-refractivity contribution in [3.63, 3.8) is 0 Å². The van der Waals surface area contributed by atoms with E-state index in [9.17, 15) is 4.39 Å². The molecule has 2 nitrogen and oxygen atoms in total. The number of halogens is 1. The Morgan fingerprint density at radius 2 is 2.36 bits per heavy atom. The van der Waals surface area contributed by atoms with Gasteiger partial charge in [-0.1, -0.05) is 12.1 Å². The van der Waals surface area contributed by atoms with Crippen molar-refractivity contribution in [1.82, 2.24) is 5.32 Å². The highest BCUT2D eigenvalue weighted by atomic mass is 19.1. The average molecular weight is 194 g/mol. The Morgan fingerprint density at radius 3 is 2.93 bits per heavy atom. The monoisotopic (exact) mass is 194 g/mol. The van der Waals surface area contributed by atoms with Gasteiger partial charge < -0.3 is 11.1 Å². The largest absolute Gasteiger partial charge is 0.394 e. The maximum atomic E-state index is 12.9. The lowest BCUT2D eigenvalue weighted by Gasteiger charge is -2.06. The molecule has 0 aromatic heterocycles. The maximum Gasteiger partial charge on any atom is 0.123 e. The van der Waals surface area contributed by atoms with Gasteiger partial charge in [0.1, 0.15) is 5.82 Å². The fourth-order valence-electron chi connectivity index (χ4n) is 1.32. The quantitative estimate of drug-likeness (QED) is 0.766. The van der Waals surface area contributed by atoms with Gasteiger partial charge in [-0.3, -0.25) is 0 Å². The fourth-order valence-corrected chi connectivity index (χ4v) is 1.32. The van der Waals surface area contributed by atoms with Crippen molar-refractivity contribution in [2.45, 2.75) is 6.42 Å². The van der Waals surface area contributed by atoms with Gasteiger partial charge in [-0.15, -0.1) is 0 Å². The smallest absolute Gasteiger partial charge is 0.123 e. The predicted molar refractivity (Wildman–Crippen MR) is 57.1 cm³/mol. The fraction of sp³-hybridized carbons (Fsp3) is 0.273. The summed E-state index contributed by atoms with van der Waals surface area (Å²) in [5.41, 5.74) is 7.37. The lowest BCUT2D eigenvalue weighted by Crippen LogP contribution is -2.03. The summed E-state index contributed by atoms with van der Waals surface area (Å²) in [6.45, 7) is 0.560. The highest BCUT2D eigenvalue weighted by molar-refractivity contribution is 5.65. The zero-order chi connectivity index (χ0) is 10.4. The molecule has 0 radical (unpaired) electrons. The topological polar surface area (TPSA) is 38.0 Å². The first kappa shape index (κ1) is 10.7. The van der Waals surface area contributed by atoms with Crippen LogP contribution in [-0.2, 0) is 0 Å². The van der Waals surface area contributed by atoms with Crippen LogP contribution >= 0.6 is 0 Å². The summed E-state index contributed by atoms with van der Waals surface area (Å²) in [6, 6.07) is 6.52. The molecule has 14 heavy (non-hydrogen) atoms. The normalized spacial score (nSPS) is 11.5. The Kier molecular flexibility index (Phi) is 4.13. The van der Waals surface area contributed by atoms with Gasteiger partial charge in [0.15, 0.2) is 0 Å². The summed E-state index contributed by atoms with van der Waals surface area (Å²) in [7, 11) is 1.82. The molecule has 0 fully saturated rings. The molecule has 3 heteroatoms. The average Bonchev–Trinajstić information content (AvgIpc) is 2.17. The Hall–Kier alpha value is -1.35. The summed E-state index contributed by atoms with van der Waals surface area (Å²) < 4.78 is 12.9. The van der Waals surface area contributed by atoms with E-state index in [0.29, 0.717) is 6.54 Å². The van der Waals surface area contributed by atoms with E-state index < -0.39 is 0 Å². The van der Waals surface area contributed by atoms with Crippen molar-refractivity contribution in [1.29, 1.82) is 0 Å². The molecule has 1 aromatic carbocycles. The number of rotatable bonds is 4. The molecule has 0 unspecified atom stereocenters. The Bertz CT molecular complexity index is 321. The third-order valence-electron chi connectivity index (χ3n) is 1.93. The van der Waals surface area contributed by atoms with Gasteiger partial charge in [0, 0.05) is 13.2 Å². The van der Waals surface area contributed by atoms with Crippen molar-refractivity contribution in [2.75, 3.05) is 13.6 Å². The molecular formula is C11H15FN2. The van der Waals surface area contributed by atoms with Crippen molar-refractivity contribution in [2.24, 2.45) is 5.73 Å². The third-order valence-corrected chi connectivity index (χ3v) is 1.93. The van der Waals surface area contributed by atoms with Crippen LogP contribution in [0.3, 0.4) is 0 Å². The van der Waals surface area contributed by atoms with Gasteiger partial charge in [-0.25, -0.2) is 4.39 Å². The molecule has 0 aliphatic carbocycles. The highest BCUT2D eigenvalue weighted by Crippen LogP contribution is 2.17. The first-order valence-corrected chi connectivity index (χ1v) is 4.60. The third kappa shape index (κ3) is 2.85. The Labute approximate surface area is 83.6 Å². The molecule has 1 aromatic rings. The molecule has 0 amide bonds. The second-order valence-corrected chi connectivity index (χ2v) is 3.01. The van der Waals surface area contributed by atoms with Crippen LogP contribution in [0.25, 0.3) is 5.57 Å². The van der Waals surface area contributed by atoms with E-state index in [1.54, 1.807) is 6.07 Å². The summed E-state index contributed by atoms with van der Waals surface area (Å²) in [5, 5.41) is 2.93. The Balaban J connectivity index is 2.93. The molecule has 0 aliphatic rings. The van der Waals surface area contributed by atoms with E-state index in [-0.39, 0.29) is 5.82 Å². The highest BCUT2D eigenvalue weighted by Gasteiger charge is 2.01. The summed E-state index contributed by atoms with van der Waals surface area (Å²) in [6.07, 6.45) is 2.59. The molecule has 1 rings (SSSR count). The number of hydrogen-bond acceptors (Lipinski definition) is 2. The first-order chi connectivity index (χ1) is 6.77. The van der Waals surface area contributed by atoms with Crippen LogP contribution in [0.1, 0.15) is 12.0 Å². The molecule has 0 bridgehead atoms. The van der Waals surface area contributed by atoms with Crippen LogP contribution in [0.2, 0.25) is 0 Å². The molecule has 0 spiro atoms. The number of nitrogens with two attached hydrogens (primary N) is 1. The van der Waals surface area contributed by atoms with E-state index in [1.165, 1.54) is 12.1 Å². The van der Waals surface area contributed by atoms with E-state index in [2.05, 4.69) is 5.32 Å². The van der Waals surface area contributed by atoms with Crippen molar-refractivity contribution in [3.8, 4) is 0 Å². The van der Waals surface area contributed by atoms with Crippen molar-refractivity contribution in [3.05, 3.63) is 41.8 Å². The SMILES string of the molecule is CN/C=C(/CCN)c1cccc(F)c1. The van der Waals surface area contributed by atoms with Gasteiger partial charge in [0.05, 0.1) is 0 Å². The van der Waals surface area contributed by atoms with Crippen LogP contribution in [-0.4, -0.2) is 13.6 Å². The standard InChI is InChI=1S/C11H15FN2/c1-14-8-10(5-6-13)9-3-2-4-11(12)7-9/h2-4,7-8,14H,5-6,13H2,1H3/b10-8-. The van der Waals surface area contributed by atoms with Crippen LogP contribution in [0.5, 0.6) is 0 Å². The summed E-state index contributed by atoms with van der Waals surface area (Å²) in [4.78, 5) is 0. The lowest BCUT2D eigenvalue weighted by atomic mass is 10.0. The zero-order valence-electron chi connectivity index (χ0n) is 8.26. The minimum Gasteiger partial charge on any atom is -0.394 e. The second kappa shape index (κ2) is 5.40. The van der Waals surface area contributed by atoms with Gasteiger partial charge >= 0.3 is 0 Å². The Morgan fingerprint density at radius 1 is 1.57 bits per heavy atom. The molecule has 76 valence electrons. The first-order valence-electron chi connectivity index (χ1n) is 4.60. The molecule has 0 heterocycles. The minimum atomic E-state index is -0.221. The van der Waals surface area contributed by atoms with Crippen LogP contribution in [0.4, 0.5) is 4.39 Å². The zero-order valence-corrected chi connectivity index (χ0v) is 8.26. The maximum absolute atomic E-state index is 12.9. The van der Waals surface area contributed by atoms with Crippen LogP contribution < -0.4 is 11.1 Å². The number of nitrogens with one attached hydrogen (secondary N) is 1. The minimum absolute atomic E-state index is 0.221. The van der Waals surface area contributed by atoms with Crippen molar-refractivity contribution >= 4 is 5.57 Å². The lowest BCUT2D eigenvalue weighted by molar-refractivity contribution is 0.627. The number of benzene rings is 1. The van der Waals surface area contributed by atoms with Gasteiger partial charge in [0.25, 0.3) is 0 Å². The van der Waals surface area contributed by atoms with Gasteiger partial charge in [0.2, 0.25) is 0 Å². The van der Waals surface area contributed by atoms with E-state index in [1.807, 2.05) is 19.3 Å². The predicted octanol–water partition coefficient (Wildman–Crippen LogP) is 1.73. The summed E-state index contributed by atoms with van der Waals surface area (Å²) >= 11 is 0. The van der Waals surface area contributed by atoms with Crippen LogP contribution in [0, 0.1) is 5.82 Å².